The number of carbonyl (C=O) groups is 2. The molecule has 1 heterocycles. The maximum absolute atomic E-state index is 12.8. The van der Waals surface area contributed by atoms with Crippen LogP contribution < -0.4 is 9.80 Å². The number of amides is 2. The summed E-state index contributed by atoms with van der Waals surface area (Å²) in [4.78, 5) is 31.1. The maximum Gasteiger partial charge on any atom is 0.224 e. The van der Waals surface area contributed by atoms with Crippen molar-refractivity contribution in [3.8, 4) is 0 Å². The van der Waals surface area contributed by atoms with Crippen LogP contribution in [-0.4, -0.2) is 49.4 Å². The van der Waals surface area contributed by atoms with E-state index in [1.54, 1.807) is 11.8 Å². The van der Waals surface area contributed by atoms with E-state index in [-0.39, 0.29) is 11.8 Å². The summed E-state index contributed by atoms with van der Waals surface area (Å²) in [5.74, 6) is 0.0909. The minimum Gasteiger partial charge on any atom is -0.368 e. The summed E-state index contributed by atoms with van der Waals surface area (Å²) in [5.41, 5.74) is 5.46. The fourth-order valence-electron chi connectivity index (χ4n) is 4.24. The van der Waals surface area contributed by atoms with E-state index in [4.69, 9.17) is 0 Å². The molecule has 0 saturated carbocycles. The Labute approximate surface area is 173 Å². The number of nitrogens with zero attached hydrogens (tertiary/aromatic N) is 3. The van der Waals surface area contributed by atoms with Crippen molar-refractivity contribution in [2.75, 3.05) is 42.5 Å². The monoisotopic (exact) mass is 393 g/mol. The zero-order valence-electron chi connectivity index (χ0n) is 17.9. The van der Waals surface area contributed by atoms with Crippen molar-refractivity contribution in [3.05, 3.63) is 59.2 Å². The van der Waals surface area contributed by atoms with Gasteiger partial charge in [0.15, 0.2) is 0 Å². The van der Waals surface area contributed by atoms with Crippen LogP contribution in [0.3, 0.4) is 0 Å². The molecular weight excluding hydrogens is 362 g/mol. The summed E-state index contributed by atoms with van der Waals surface area (Å²) in [6, 6.07) is 14.5. The van der Waals surface area contributed by atoms with Crippen LogP contribution in [0.4, 0.5) is 11.4 Å². The molecule has 2 aromatic carbocycles. The molecule has 0 bridgehead atoms. The van der Waals surface area contributed by atoms with E-state index in [1.807, 2.05) is 36.9 Å². The van der Waals surface area contributed by atoms with Crippen molar-refractivity contribution in [1.82, 2.24) is 4.90 Å². The average molecular weight is 394 g/mol. The van der Waals surface area contributed by atoms with Gasteiger partial charge in [-0.3, -0.25) is 9.59 Å². The van der Waals surface area contributed by atoms with Crippen molar-refractivity contribution < 1.29 is 9.59 Å². The lowest BCUT2D eigenvalue weighted by atomic mass is 10.0. The Bertz CT molecular complexity index is 848. The van der Waals surface area contributed by atoms with Crippen LogP contribution in [-0.2, 0) is 9.59 Å². The first kappa shape index (κ1) is 20.9. The second-order valence-electron chi connectivity index (χ2n) is 7.87. The van der Waals surface area contributed by atoms with Gasteiger partial charge in [-0.2, -0.15) is 0 Å². The Balaban J connectivity index is 1.60. The zero-order valence-corrected chi connectivity index (χ0v) is 17.9. The lowest BCUT2D eigenvalue weighted by molar-refractivity contribution is -0.131. The van der Waals surface area contributed by atoms with Crippen LogP contribution in [0.15, 0.2) is 42.5 Å². The third-order valence-corrected chi connectivity index (χ3v) is 5.59. The van der Waals surface area contributed by atoms with Crippen molar-refractivity contribution in [2.24, 2.45) is 0 Å². The Morgan fingerprint density at radius 2 is 1.52 bits per heavy atom. The van der Waals surface area contributed by atoms with Gasteiger partial charge in [-0.15, -0.1) is 0 Å². The van der Waals surface area contributed by atoms with Crippen molar-refractivity contribution in [2.45, 2.75) is 34.1 Å². The highest BCUT2D eigenvalue weighted by atomic mass is 16.2. The van der Waals surface area contributed by atoms with Crippen LogP contribution in [0.25, 0.3) is 0 Å². The molecule has 5 nitrogen and oxygen atoms in total. The number of carbonyl (C=O) groups excluding carboxylic acids is 2. The third kappa shape index (κ3) is 4.97. The fraction of sp³-hybridized carbons (Fsp3) is 0.417. The van der Waals surface area contributed by atoms with Crippen molar-refractivity contribution in [1.29, 1.82) is 0 Å². The lowest BCUT2D eigenvalue weighted by Crippen LogP contribution is -2.49. The largest absolute Gasteiger partial charge is 0.368 e. The zero-order chi connectivity index (χ0) is 21.0. The molecule has 154 valence electrons. The van der Waals surface area contributed by atoms with Gasteiger partial charge in [0.05, 0.1) is 0 Å². The SMILES string of the molecule is CC(=O)N(CCC(=O)N1CCN(c2ccccc2)CC1)c1c(C)cc(C)cc1C. The van der Waals surface area contributed by atoms with E-state index in [2.05, 4.69) is 36.1 Å². The number of rotatable bonds is 5. The van der Waals surface area contributed by atoms with Gasteiger partial charge in [-0.05, 0) is 44.0 Å². The highest BCUT2D eigenvalue weighted by Gasteiger charge is 2.23. The quantitative estimate of drug-likeness (QED) is 0.778. The topological polar surface area (TPSA) is 43.9 Å². The molecule has 0 N–H and O–H groups in total. The van der Waals surface area contributed by atoms with Crippen molar-refractivity contribution >= 4 is 23.2 Å². The molecule has 2 aromatic rings. The molecule has 0 spiro atoms. The van der Waals surface area contributed by atoms with Gasteiger partial charge >= 0.3 is 0 Å². The smallest absolute Gasteiger partial charge is 0.224 e. The molecule has 0 atom stereocenters. The molecule has 1 fully saturated rings. The molecule has 0 aromatic heterocycles. The van der Waals surface area contributed by atoms with Gasteiger partial charge in [0.1, 0.15) is 0 Å². The van der Waals surface area contributed by atoms with Crippen LogP contribution in [0.5, 0.6) is 0 Å². The van der Waals surface area contributed by atoms with E-state index < -0.39 is 0 Å². The molecule has 0 radical (unpaired) electrons. The Morgan fingerprint density at radius 1 is 0.931 bits per heavy atom. The van der Waals surface area contributed by atoms with Crippen LogP contribution in [0.1, 0.15) is 30.0 Å². The van der Waals surface area contributed by atoms with Crippen LogP contribution >= 0.6 is 0 Å². The van der Waals surface area contributed by atoms with Gasteiger partial charge in [0, 0.05) is 57.4 Å². The standard InChI is InChI=1S/C24H31N3O2/c1-18-16-19(2)24(20(3)17-18)27(21(4)28)11-10-23(29)26-14-12-25(13-15-26)22-8-6-5-7-9-22/h5-9,16-17H,10-15H2,1-4H3. The predicted octanol–water partition coefficient (Wildman–Crippen LogP) is 3.70. The first-order chi connectivity index (χ1) is 13.9. The van der Waals surface area contributed by atoms with Crippen LogP contribution in [0.2, 0.25) is 0 Å². The summed E-state index contributed by atoms with van der Waals surface area (Å²) in [5, 5.41) is 0. The minimum absolute atomic E-state index is 0.0262. The first-order valence-electron chi connectivity index (χ1n) is 10.3. The maximum atomic E-state index is 12.8. The third-order valence-electron chi connectivity index (χ3n) is 5.59. The summed E-state index contributed by atoms with van der Waals surface area (Å²) in [6.45, 7) is 11.2. The summed E-state index contributed by atoms with van der Waals surface area (Å²) in [6.07, 6.45) is 0.345. The van der Waals surface area contributed by atoms with Gasteiger partial charge in [-0.25, -0.2) is 0 Å². The van der Waals surface area contributed by atoms with Gasteiger partial charge in [0.25, 0.3) is 0 Å². The minimum atomic E-state index is -0.0262. The van der Waals surface area contributed by atoms with E-state index >= 15 is 0 Å². The number of para-hydroxylation sites is 1. The molecular formula is C24H31N3O2. The number of benzene rings is 2. The van der Waals surface area contributed by atoms with Gasteiger partial charge < -0.3 is 14.7 Å². The Hall–Kier alpha value is -2.82. The molecule has 2 amide bonds. The molecule has 5 heteroatoms. The number of hydrogen-bond acceptors (Lipinski definition) is 3. The normalized spacial score (nSPS) is 14.1. The van der Waals surface area contributed by atoms with E-state index in [0.717, 1.165) is 43.0 Å². The van der Waals surface area contributed by atoms with Gasteiger partial charge in [0.2, 0.25) is 11.8 Å². The number of hydrogen-bond donors (Lipinski definition) is 0. The number of aryl methyl sites for hydroxylation is 3. The summed E-state index contributed by atoms with van der Waals surface area (Å²) < 4.78 is 0. The summed E-state index contributed by atoms with van der Waals surface area (Å²) in [7, 11) is 0. The highest BCUT2D eigenvalue weighted by molar-refractivity contribution is 5.94. The Morgan fingerprint density at radius 3 is 2.07 bits per heavy atom. The summed E-state index contributed by atoms with van der Waals surface area (Å²) >= 11 is 0. The van der Waals surface area contributed by atoms with E-state index in [1.165, 1.54) is 11.3 Å². The fourth-order valence-corrected chi connectivity index (χ4v) is 4.24. The highest BCUT2D eigenvalue weighted by Crippen LogP contribution is 2.27. The molecule has 1 aliphatic rings. The second kappa shape index (κ2) is 9.12. The molecule has 29 heavy (non-hydrogen) atoms. The van der Waals surface area contributed by atoms with Crippen molar-refractivity contribution in [3.63, 3.8) is 0 Å². The predicted molar refractivity (Wildman–Crippen MR) is 119 cm³/mol. The Kier molecular flexibility index (Phi) is 6.57. The molecule has 0 unspecified atom stereocenters. The van der Waals surface area contributed by atoms with E-state index in [9.17, 15) is 9.59 Å². The number of piperazine rings is 1. The first-order valence-corrected chi connectivity index (χ1v) is 10.3. The molecule has 3 rings (SSSR count). The second-order valence-corrected chi connectivity index (χ2v) is 7.87. The molecule has 1 aliphatic heterocycles. The van der Waals surface area contributed by atoms with E-state index in [0.29, 0.717) is 13.0 Å². The van der Waals surface area contributed by atoms with Crippen LogP contribution in [0, 0.1) is 20.8 Å². The lowest BCUT2D eigenvalue weighted by Gasteiger charge is -2.36. The average Bonchev–Trinajstić information content (AvgIpc) is 2.70. The molecule has 1 saturated heterocycles. The van der Waals surface area contributed by atoms with Gasteiger partial charge in [-0.1, -0.05) is 35.9 Å². The number of anilines is 2. The molecule has 0 aliphatic carbocycles.